The number of nitrogens with zero attached hydrogens (tertiary/aromatic N) is 2. The second-order valence-corrected chi connectivity index (χ2v) is 3.35. The lowest BCUT2D eigenvalue weighted by Crippen LogP contribution is -1.95. The maximum absolute atomic E-state index is 10.9. The third-order valence-corrected chi connectivity index (χ3v) is 2.36. The molecule has 0 radical (unpaired) electrons. The molecule has 0 bridgehead atoms. The van der Waals surface area contributed by atoms with Crippen LogP contribution in [-0.4, -0.2) is 15.1 Å². The second-order valence-electron chi connectivity index (χ2n) is 3.35. The first-order valence-corrected chi connectivity index (χ1v) is 4.74. The molecule has 0 amide bonds. The van der Waals surface area contributed by atoms with Gasteiger partial charge in [-0.3, -0.25) is 14.5 Å². The Morgan fingerprint density at radius 2 is 2.06 bits per heavy atom. The quantitative estimate of drug-likeness (QED) is 0.666. The highest BCUT2D eigenvalue weighted by atomic mass is 16.5. The van der Waals surface area contributed by atoms with Crippen molar-refractivity contribution in [2.24, 2.45) is 0 Å². The van der Waals surface area contributed by atoms with E-state index >= 15 is 0 Å². The zero-order chi connectivity index (χ0) is 11.0. The molecule has 3 rings (SSSR count). The fourth-order valence-electron chi connectivity index (χ4n) is 1.65. The van der Waals surface area contributed by atoms with Crippen molar-refractivity contribution in [3.05, 3.63) is 47.2 Å². The van der Waals surface area contributed by atoms with Gasteiger partial charge in [-0.05, 0) is 5.39 Å². The summed E-state index contributed by atoms with van der Waals surface area (Å²) in [7, 11) is 0. The highest BCUT2D eigenvalue weighted by molar-refractivity contribution is 5.93. The van der Waals surface area contributed by atoms with Crippen LogP contribution in [0.3, 0.4) is 0 Å². The van der Waals surface area contributed by atoms with Crippen molar-refractivity contribution in [1.82, 2.24) is 15.1 Å². The van der Waals surface area contributed by atoms with Crippen LogP contribution in [-0.2, 0) is 0 Å². The summed E-state index contributed by atoms with van der Waals surface area (Å²) in [5, 5.41) is 5.62. The number of aromatic amines is 1. The molecule has 0 aliphatic rings. The molecule has 78 valence electrons. The lowest BCUT2D eigenvalue weighted by molar-refractivity contribution is 0.388. The minimum absolute atomic E-state index is 0.398. The Morgan fingerprint density at radius 1 is 1.19 bits per heavy atom. The van der Waals surface area contributed by atoms with Crippen molar-refractivity contribution >= 4 is 10.8 Å². The van der Waals surface area contributed by atoms with Gasteiger partial charge in [0, 0.05) is 23.3 Å². The first-order chi connectivity index (χ1) is 7.84. The first-order valence-electron chi connectivity index (χ1n) is 4.74. The molecule has 16 heavy (non-hydrogen) atoms. The van der Waals surface area contributed by atoms with Crippen molar-refractivity contribution in [2.45, 2.75) is 0 Å². The molecule has 3 aromatic rings. The van der Waals surface area contributed by atoms with Crippen molar-refractivity contribution < 1.29 is 4.52 Å². The average molecular weight is 213 g/mol. The molecule has 2 heterocycles. The number of hydrogen-bond acceptors (Lipinski definition) is 4. The van der Waals surface area contributed by atoms with Gasteiger partial charge < -0.3 is 0 Å². The van der Waals surface area contributed by atoms with Crippen LogP contribution in [0.5, 0.6) is 0 Å². The van der Waals surface area contributed by atoms with Gasteiger partial charge in [-0.1, -0.05) is 29.4 Å². The summed E-state index contributed by atoms with van der Waals surface area (Å²) in [6.45, 7) is 0. The number of pyridine rings is 1. The Labute approximate surface area is 89.7 Å². The Kier molecular flexibility index (Phi) is 1.83. The van der Waals surface area contributed by atoms with E-state index in [9.17, 15) is 4.79 Å². The van der Waals surface area contributed by atoms with Gasteiger partial charge in [-0.25, -0.2) is 4.79 Å². The normalized spacial score (nSPS) is 10.8. The monoisotopic (exact) mass is 213 g/mol. The van der Waals surface area contributed by atoms with Crippen LogP contribution < -0.4 is 5.76 Å². The van der Waals surface area contributed by atoms with Crippen LogP contribution in [0.4, 0.5) is 0 Å². The number of rotatable bonds is 1. The van der Waals surface area contributed by atoms with Crippen LogP contribution in [0.1, 0.15) is 0 Å². The van der Waals surface area contributed by atoms with E-state index < -0.39 is 5.76 Å². The van der Waals surface area contributed by atoms with Crippen molar-refractivity contribution in [3.8, 4) is 11.4 Å². The van der Waals surface area contributed by atoms with Crippen LogP contribution in [0.2, 0.25) is 0 Å². The molecule has 0 unspecified atom stereocenters. The fraction of sp³-hybridized carbons (Fsp3) is 0. The molecule has 0 fully saturated rings. The van der Waals surface area contributed by atoms with Crippen LogP contribution in [0, 0.1) is 0 Å². The lowest BCUT2D eigenvalue weighted by Gasteiger charge is -2.00. The number of hydrogen-bond donors (Lipinski definition) is 1. The van der Waals surface area contributed by atoms with E-state index in [1.807, 2.05) is 24.3 Å². The standard InChI is InChI=1S/C11H7N3O2/c15-11-13-10(14-16-11)9-6-12-5-7-3-1-2-4-8(7)9/h1-6H,(H,13,14,15). The van der Waals surface area contributed by atoms with Gasteiger partial charge in [0.2, 0.25) is 0 Å². The maximum atomic E-state index is 10.9. The van der Waals surface area contributed by atoms with E-state index in [1.54, 1.807) is 12.4 Å². The molecule has 0 aliphatic heterocycles. The fourth-order valence-corrected chi connectivity index (χ4v) is 1.65. The van der Waals surface area contributed by atoms with E-state index in [0.29, 0.717) is 5.82 Å². The molecule has 0 spiro atoms. The summed E-state index contributed by atoms with van der Waals surface area (Å²) >= 11 is 0. The van der Waals surface area contributed by atoms with E-state index in [0.717, 1.165) is 16.3 Å². The van der Waals surface area contributed by atoms with Gasteiger partial charge in [0.25, 0.3) is 0 Å². The van der Waals surface area contributed by atoms with Crippen molar-refractivity contribution in [3.63, 3.8) is 0 Å². The molecule has 5 heteroatoms. The summed E-state index contributed by atoms with van der Waals surface area (Å²) in [5.41, 5.74) is 0.754. The minimum Gasteiger partial charge on any atom is -0.296 e. The highest BCUT2D eigenvalue weighted by Crippen LogP contribution is 2.23. The summed E-state index contributed by atoms with van der Waals surface area (Å²) in [6.07, 6.45) is 3.41. The molecule has 0 saturated carbocycles. The predicted octanol–water partition coefficient (Wildman–Crippen LogP) is 1.58. The lowest BCUT2D eigenvalue weighted by atomic mass is 10.1. The third-order valence-electron chi connectivity index (χ3n) is 2.36. The molecule has 1 aromatic carbocycles. The SMILES string of the molecule is O=c1[nH]c(-c2cncc3ccccc23)no1. The summed E-state index contributed by atoms with van der Waals surface area (Å²) in [4.78, 5) is 17.5. The summed E-state index contributed by atoms with van der Waals surface area (Å²) in [6, 6.07) is 7.74. The predicted molar refractivity (Wildman–Crippen MR) is 57.9 cm³/mol. The van der Waals surface area contributed by atoms with Crippen LogP contribution >= 0.6 is 0 Å². The van der Waals surface area contributed by atoms with Crippen LogP contribution in [0.15, 0.2) is 46.0 Å². The zero-order valence-corrected chi connectivity index (χ0v) is 8.18. The van der Waals surface area contributed by atoms with Gasteiger partial charge in [0.15, 0.2) is 5.82 Å². The topological polar surface area (TPSA) is 71.8 Å². The number of H-pyrrole nitrogens is 1. The van der Waals surface area contributed by atoms with Gasteiger partial charge in [-0.15, -0.1) is 0 Å². The highest BCUT2D eigenvalue weighted by Gasteiger charge is 2.08. The van der Waals surface area contributed by atoms with E-state index in [-0.39, 0.29) is 0 Å². The molecule has 2 aromatic heterocycles. The molecule has 0 aliphatic carbocycles. The second kappa shape index (κ2) is 3.30. The first kappa shape index (κ1) is 8.84. The van der Waals surface area contributed by atoms with E-state index in [2.05, 4.69) is 19.6 Å². The Bertz CT molecular complexity index is 694. The third kappa shape index (κ3) is 1.30. The van der Waals surface area contributed by atoms with E-state index in [4.69, 9.17) is 0 Å². The smallest absolute Gasteiger partial charge is 0.296 e. The molecule has 0 atom stereocenters. The van der Waals surface area contributed by atoms with Crippen molar-refractivity contribution in [1.29, 1.82) is 0 Å². The summed E-state index contributed by atoms with van der Waals surface area (Å²) < 4.78 is 4.48. The molecule has 5 nitrogen and oxygen atoms in total. The number of benzene rings is 1. The molecular formula is C11H7N3O2. The maximum Gasteiger partial charge on any atom is 0.439 e. The number of nitrogens with one attached hydrogen (secondary N) is 1. The van der Waals surface area contributed by atoms with Gasteiger partial charge in [0.1, 0.15) is 0 Å². The molecule has 1 N–H and O–H groups in total. The Hall–Kier alpha value is -2.43. The zero-order valence-electron chi connectivity index (χ0n) is 8.18. The number of fused-ring (bicyclic) bond motifs is 1. The number of aromatic nitrogens is 3. The van der Waals surface area contributed by atoms with Crippen LogP contribution in [0.25, 0.3) is 22.2 Å². The minimum atomic E-state index is -0.567. The van der Waals surface area contributed by atoms with Gasteiger partial charge in [-0.2, -0.15) is 0 Å². The molecular weight excluding hydrogens is 206 g/mol. The van der Waals surface area contributed by atoms with E-state index in [1.165, 1.54) is 0 Å². The van der Waals surface area contributed by atoms with Gasteiger partial charge >= 0.3 is 5.76 Å². The van der Waals surface area contributed by atoms with Gasteiger partial charge in [0.05, 0.1) is 0 Å². The van der Waals surface area contributed by atoms with Crippen molar-refractivity contribution in [2.75, 3.05) is 0 Å². The molecule has 0 saturated heterocycles. The Balaban J connectivity index is 2.35. The summed E-state index contributed by atoms with van der Waals surface area (Å²) in [5.74, 6) is -0.169. The largest absolute Gasteiger partial charge is 0.439 e. The average Bonchev–Trinajstić information content (AvgIpc) is 2.75. The Morgan fingerprint density at radius 3 is 2.88 bits per heavy atom.